The fraction of sp³-hybridized carbons (Fsp3) is 0.800. The first kappa shape index (κ1) is 5.06. The SMILES string of the molecule is CC[C@H]1CO[CH]N1. The summed E-state index contributed by atoms with van der Waals surface area (Å²) in [5.74, 6) is 0. The van der Waals surface area contributed by atoms with Gasteiger partial charge in [-0.05, 0) is 6.42 Å². The molecule has 2 nitrogen and oxygen atoms in total. The number of rotatable bonds is 1. The summed E-state index contributed by atoms with van der Waals surface area (Å²) < 4.78 is 4.91. The number of hydrogen-bond acceptors (Lipinski definition) is 2. The molecule has 7 heavy (non-hydrogen) atoms. The Morgan fingerprint density at radius 1 is 2.00 bits per heavy atom. The molecule has 0 spiro atoms. The Hall–Kier alpha value is -0.0800. The first-order valence-corrected chi connectivity index (χ1v) is 2.63. The molecule has 1 aliphatic heterocycles. The lowest BCUT2D eigenvalue weighted by Gasteiger charge is -1.99. The van der Waals surface area contributed by atoms with Crippen molar-refractivity contribution in [2.45, 2.75) is 19.4 Å². The van der Waals surface area contributed by atoms with Crippen molar-refractivity contribution in [3.8, 4) is 0 Å². The van der Waals surface area contributed by atoms with Crippen molar-refractivity contribution >= 4 is 0 Å². The Bertz CT molecular complexity index is 50.0. The van der Waals surface area contributed by atoms with Crippen LogP contribution in [0.5, 0.6) is 0 Å². The van der Waals surface area contributed by atoms with Gasteiger partial charge in [-0.3, -0.25) is 5.32 Å². The highest BCUT2D eigenvalue weighted by Gasteiger charge is 2.10. The average molecular weight is 100 g/mol. The molecule has 0 amide bonds. The highest BCUT2D eigenvalue weighted by molar-refractivity contribution is 4.71. The molecule has 1 N–H and O–H groups in total. The van der Waals surface area contributed by atoms with Gasteiger partial charge in [0.25, 0.3) is 0 Å². The zero-order valence-electron chi connectivity index (χ0n) is 4.48. The van der Waals surface area contributed by atoms with E-state index in [4.69, 9.17) is 4.74 Å². The van der Waals surface area contributed by atoms with Gasteiger partial charge in [0.1, 0.15) is 6.73 Å². The molecule has 0 bridgehead atoms. The van der Waals surface area contributed by atoms with E-state index >= 15 is 0 Å². The molecule has 1 radical (unpaired) electrons. The Balaban J connectivity index is 2.14. The van der Waals surface area contributed by atoms with Crippen LogP contribution in [0.25, 0.3) is 0 Å². The van der Waals surface area contributed by atoms with E-state index in [1.165, 1.54) is 0 Å². The van der Waals surface area contributed by atoms with E-state index in [0.717, 1.165) is 13.0 Å². The molecule has 0 unspecified atom stereocenters. The van der Waals surface area contributed by atoms with Crippen molar-refractivity contribution in [3.05, 3.63) is 6.73 Å². The smallest absolute Gasteiger partial charge is 0.148 e. The maximum absolute atomic E-state index is 4.91. The average Bonchev–Trinajstić information content (AvgIpc) is 2.14. The maximum Gasteiger partial charge on any atom is 0.148 e. The summed E-state index contributed by atoms with van der Waals surface area (Å²) in [7, 11) is 0. The molecular weight excluding hydrogens is 90.1 g/mol. The molecule has 41 valence electrons. The highest BCUT2D eigenvalue weighted by atomic mass is 16.5. The van der Waals surface area contributed by atoms with Gasteiger partial charge in [-0.2, -0.15) is 0 Å². The minimum absolute atomic E-state index is 0.569. The molecule has 1 rings (SSSR count). The van der Waals surface area contributed by atoms with Gasteiger partial charge in [0.05, 0.1) is 6.61 Å². The standard InChI is InChI=1S/C5H10NO/c1-2-5-3-7-4-6-5/h4-6H,2-3H2,1H3/t5-/m0/s1. The molecule has 1 fully saturated rings. The Morgan fingerprint density at radius 2 is 2.86 bits per heavy atom. The molecule has 0 aromatic rings. The van der Waals surface area contributed by atoms with Crippen molar-refractivity contribution in [1.29, 1.82) is 0 Å². The monoisotopic (exact) mass is 100 g/mol. The molecule has 1 heterocycles. The molecule has 0 saturated carbocycles. The maximum atomic E-state index is 4.91. The van der Waals surface area contributed by atoms with Crippen molar-refractivity contribution in [3.63, 3.8) is 0 Å². The van der Waals surface area contributed by atoms with Crippen molar-refractivity contribution in [2.24, 2.45) is 0 Å². The molecule has 2 heteroatoms. The van der Waals surface area contributed by atoms with E-state index in [0.29, 0.717) is 6.04 Å². The highest BCUT2D eigenvalue weighted by Crippen LogP contribution is 1.99. The summed E-state index contributed by atoms with van der Waals surface area (Å²) in [4.78, 5) is 0. The Morgan fingerprint density at radius 3 is 3.14 bits per heavy atom. The van der Waals surface area contributed by atoms with Gasteiger partial charge in [0, 0.05) is 6.04 Å². The number of nitrogens with one attached hydrogen (secondary N) is 1. The van der Waals surface area contributed by atoms with Crippen LogP contribution in [0.1, 0.15) is 13.3 Å². The molecule has 1 aliphatic rings. The van der Waals surface area contributed by atoms with E-state index in [1.54, 1.807) is 6.73 Å². The normalized spacial score (nSPS) is 31.3. The molecule has 1 saturated heterocycles. The predicted molar refractivity (Wildman–Crippen MR) is 27.5 cm³/mol. The summed E-state index contributed by atoms with van der Waals surface area (Å²) in [6, 6.07) is 0.569. The Kier molecular flexibility index (Phi) is 1.65. The van der Waals surface area contributed by atoms with Crippen LogP contribution in [0.2, 0.25) is 0 Å². The molecule has 0 aromatic carbocycles. The molecule has 1 atom stereocenters. The van der Waals surface area contributed by atoms with Crippen LogP contribution in [0.15, 0.2) is 0 Å². The first-order chi connectivity index (χ1) is 3.43. The van der Waals surface area contributed by atoms with Crippen LogP contribution in [-0.4, -0.2) is 12.6 Å². The second kappa shape index (κ2) is 2.28. The van der Waals surface area contributed by atoms with Gasteiger partial charge in [0.15, 0.2) is 0 Å². The molecule has 0 aliphatic carbocycles. The van der Waals surface area contributed by atoms with Gasteiger partial charge in [-0.1, -0.05) is 6.92 Å². The predicted octanol–water partition coefficient (Wildman–Crippen LogP) is 0.504. The van der Waals surface area contributed by atoms with Crippen molar-refractivity contribution in [1.82, 2.24) is 5.32 Å². The number of ether oxygens (including phenoxy) is 1. The van der Waals surface area contributed by atoms with Crippen LogP contribution < -0.4 is 5.32 Å². The zero-order valence-corrected chi connectivity index (χ0v) is 4.48. The zero-order chi connectivity index (χ0) is 5.11. The quantitative estimate of drug-likeness (QED) is 0.518. The third kappa shape index (κ3) is 1.14. The third-order valence-corrected chi connectivity index (χ3v) is 1.18. The van der Waals surface area contributed by atoms with Crippen molar-refractivity contribution < 1.29 is 4.74 Å². The topological polar surface area (TPSA) is 21.3 Å². The summed E-state index contributed by atoms with van der Waals surface area (Å²) in [6.45, 7) is 4.64. The van der Waals surface area contributed by atoms with Crippen LogP contribution in [0.4, 0.5) is 0 Å². The van der Waals surface area contributed by atoms with E-state index < -0.39 is 0 Å². The van der Waals surface area contributed by atoms with Crippen LogP contribution in [0.3, 0.4) is 0 Å². The second-order valence-electron chi connectivity index (χ2n) is 1.72. The summed E-state index contributed by atoms with van der Waals surface area (Å²) in [5.41, 5.74) is 0. The molecule has 0 aromatic heterocycles. The minimum atomic E-state index is 0.569. The van der Waals surface area contributed by atoms with Crippen LogP contribution in [0, 0.1) is 6.73 Å². The lowest BCUT2D eigenvalue weighted by atomic mass is 10.3. The van der Waals surface area contributed by atoms with Gasteiger partial charge in [-0.25, -0.2) is 0 Å². The van der Waals surface area contributed by atoms with Gasteiger partial charge in [0.2, 0.25) is 0 Å². The second-order valence-corrected chi connectivity index (χ2v) is 1.72. The van der Waals surface area contributed by atoms with Gasteiger partial charge < -0.3 is 4.74 Å². The lowest BCUT2D eigenvalue weighted by molar-refractivity contribution is 0.244. The van der Waals surface area contributed by atoms with Crippen LogP contribution >= 0.6 is 0 Å². The van der Waals surface area contributed by atoms with Gasteiger partial charge in [-0.15, -0.1) is 0 Å². The van der Waals surface area contributed by atoms with E-state index in [9.17, 15) is 0 Å². The first-order valence-electron chi connectivity index (χ1n) is 2.63. The largest absolute Gasteiger partial charge is 0.357 e. The van der Waals surface area contributed by atoms with Crippen LogP contribution in [-0.2, 0) is 4.74 Å². The lowest BCUT2D eigenvalue weighted by Crippen LogP contribution is -2.19. The van der Waals surface area contributed by atoms with E-state index in [-0.39, 0.29) is 0 Å². The van der Waals surface area contributed by atoms with E-state index in [1.807, 2.05) is 0 Å². The fourth-order valence-electron chi connectivity index (χ4n) is 0.592. The minimum Gasteiger partial charge on any atom is -0.357 e. The molecular formula is C5H10NO. The summed E-state index contributed by atoms with van der Waals surface area (Å²) in [5, 5.41) is 3.06. The fourth-order valence-corrected chi connectivity index (χ4v) is 0.592. The summed E-state index contributed by atoms with van der Waals surface area (Å²) in [6.07, 6.45) is 1.15. The number of hydrogen-bond donors (Lipinski definition) is 1. The van der Waals surface area contributed by atoms with E-state index in [2.05, 4.69) is 12.2 Å². The van der Waals surface area contributed by atoms with Gasteiger partial charge >= 0.3 is 0 Å². The third-order valence-electron chi connectivity index (χ3n) is 1.18. The van der Waals surface area contributed by atoms with Crippen molar-refractivity contribution in [2.75, 3.05) is 6.61 Å². The Labute approximate surface area is 43.9 Å². The summed E-state index contributed by atoms with van der Waals surface area (Å²) >= 11 is 0.